The largest absolute Gasteiger partial charge is 0.496 e. The van der Waals surface area contributed by atoms with Crippen LogP contribution in [0.15, 0.2) is 18.2 Å². The molecule has 2 atom stereocenters. The van der Waals surface area contributed by atoms with Crippen molar-refractivity contribution < 1.29 is 4.74 Å². The first kappa shape index (κ1) is 16.0. The topological polar surface area (TPSA) is 21.3 Å². The summed E-state index contributed by atoms with van der Waals surface area (Å²) in [6.07, 6.45) is 3.55. The maximum Gasteiger partial charge on any atom is 0.122 e. The zero-order valence-corrected chi connectivity index (χ0v) is 14.1. The fourth-order valence-electron chi connectivity index (χ4n) is 2.95. The highest BCUT2D eigenvalue weighted by Crippen LogP contribution is 2.42. The molecule has 0 radical (unpaired) electrons. The summed E-state index contributed by atoms with van der Waals surface area (Å²) < 4.78 is 5.79. The van der Waals surface area contributed by atoms with E-state index in [0.717, 1.165) is 23.7 Å². The Morgan fingerprint density at radius 3 is 2.90 bits per heavy atom. The molecule has 0 aromatic heterocycles. The Balaban J connectivity index is 2.21. The molecular formula is C16H24ClNOS. The van der Waals surface area contributed by atoms with Gasteiger partial charge in [-0.25, -0.2) is 0 Å². The highest BCUT2D eigenvalue weighted by atomic mass is 35.5. The second kappa shape index (κ2) is 7.06. The summed E-state index contributed by atoms with van der Waals surface area (Å²) in [5.41, 5.74) is 1.19. The van der Waals surface area contributed by atoms with Gasteiger partial charge in [-0.05, 0) is 62.2 Å². The lowest BCUT2D eigenvalue weighted by Crippen LogP contribution is -2.46. The molecule has 1 fully saturated rings. The van der Waals surface area contributed by atoms with E-state index in [1.807, 2.05) is 18.2 Å². The van der Waals surface area contributed by atoms with Gasteiger partial charge in [-0.3, -0.25) is 0 Å². The summed E-state index contributed by atoms with van der Waals surface area (Å²) >= 11 is 8.24. The van der Waals surface area contributed by atoms with E-state index in [1.54, 1.807) is 7.11 Å². The van der Waals surface area contributed by atoms with Crippen LogP contribution in [-0.2, 0) is 6.42 Å². The monoisotopic (exact) mass is 313 g/mol. The van der Waals surface area contributed by atoms with Gasteiger partial charge in [0.05, 0.1) is 7.11 Å². The molecule has 1 saturated heterocycles. The first-order chi connectivity index (χ1) is 9.59. The number of thioether (sulfide) groups is 1. The fourth-order valence-corrected chi connectivity index (χ4v) is 4.56. The standard InChI is InChI=1S/C16H24ClNOS/c1-4-18-15(16(2)8-5-9-20-16)11-12-10-13(17)6-7-14(12)19-3/h6-7,10,15,18H,4-5,8-9,11H2,1-3H3. The van der Waals surface area contributed by atoms with Gasteiger partial charge in [-0.15, -0.1) is 0 Å². The molecule has 1 heterocycles. The summed E-state index contributed by atoms with van der Waals surface area (Å²) in [5, 5.41) is 4.44. The summed E-state index contributed by atoms with van der Waals surface area (Å²) in [5.74, 6) is 2.20. The SMILES string of the molecule is CCNC(Cc1cc(Cl)ccc1OC)C1(C)CCCS1. The number of ether oxygens (including phenoxy) is 1. The van der Waals surface area contributed by atoms with Crippen LogP contribution in [-0.4, -0.2) is 30.2 Å². The molecule has 2 rings (SSSR count). The van der Waals surface area contributed by atoms with Crippen molar-refractivity contribution in [2.45, 2.75) is 43.9 Å². The molecule has 2 unspecified atom stereocenters. The van der Waals surface area contributed by atoms with Crippen molar-refractivity contribution in [3.05, 3.63) is 28.8 Å². The second-order valence-corrected chi connectivity index (χ2v) is 7.60. The van der Waals surface area contributed by atoms with E-state index in [1.165, 1.54) is 24.2 Å². The molecule has 0 amide bonds. The Labute approximate surface area is 131 Å². The van der Waals surface area contributed by atoms with Crippen LogP contribution < -0.4 is 10.1 Å². The molecule has 1 N–H and O–H groups in total. The zero-order valence-electron chi connectivity index (χ0n) is 12.5. The van der Waals surface area contributed by atoms with Crippen LogP contribution in [0.4, 0.5) is 0 Å². The number of hydrogen-bond donors (Lipinski definition) is 1. The van der Waals surface area contributed by atoms with E-state index in [9.17, 15) is 0 Å². The van der Waals surface area contributed by atoms with Crippen molar-refractivity contribution in [3.63, 3.8) is 0 Å². The van der Waals surface area contributed by atoms with Crippen molar-refractivity contribution in [1.29, 1.82) is 0 Å². The molecule has 1 aliphatic rings. The van der Waals surface area contributed by atoms with Crippen LogP contribution in [0, 0.1) is 0 Å². The maximum absolute atomic E-state index is 6.15. The minimum absolute atomic E-state index is 0.309. The zero-order chi connectivity index (χ0) is 14.6. The number of benzene rings is 1. The van der Waals surface area contributed by atoms with Crippen LogP contribution in [0.1, 0.15) is 32.3 Å². The van der Waals surface area contributed by atoms with Crippen LogP contribution in [0.5, 0.6) is 5.75 Å². The quantitative estimate of drug-likeness (QED) is 0.852. The van der Waals surface area contributed by atoms with Crippen molar-refractivity contribution in [3.8, 4) is 5.75 Å². The summed E-state index contributed by atoms with van der Waals surface area (Å²) in [4.78, 5) is 0. The normalized spacial score (nSPS) is 23.8. The van der Waals surface area contributed by atoms with Gasteiger partial charge < -0.3 is 10.1 Å². The lowest BCUT2D eigenvalue weighted by atomic mass is 9.90. The van der Waals surface area contributed by atoms with Gasteiger partial charge in [0.1, 0.15) is 5.75 Å². The van der Waals surface area contributed by atoms with Crippen LogP contribution >= 0.6 is 23.4 Å². The number of rotatable bonds is 6. The average Bonchev–Trinajstić information content (AvgIpc) is 2.87. The minimum atomic E-state index is 0.309. The number of methoxy groups -OCH3 is 1. The van der Waals surface area contributed by atoms with Crippen LogP contribution in [0.2, 0.25) is 5.02 Å². The molecule has 1 aliphatic heterocycles. The first-order valence-corrected chi connectivity index (χ1v) is 8.65. The molecule has 0 spiro atoms. The van der Waals surface area contributed by atoms with E-state index in [4.69, 9.17) is 16.3 Å². The Hall–Kier alpha value is -0.380. The third kappa shape index (κ3) is 3.63. The lowest BCUT2D eigenvalue weighted by molar-refractivity contribution is 0.384. The first-order valence-electron chi connectivity index (χ1n) is 7.29. The van der Waals surface area contributed by atoms with Crippen LogP contribution in [0.25, 0.3) is 0 Å². The molecular weight excluding hydrogens is 290 g/mol. The fraction of sp³-hybridized carbons (Fsp3) is 0.625. The molecule has 1 aromatic rings. The molecule has 2 nitrogen and oxygen atoms in total. The minimum Gasteiger partial charge on any atom is -0.496 e. The molecule has 0 aliphatic carbocycles. The predicted octanol–water partition coefficient (Wildman–Crippen LogP) is 4.15. The number of halogens is 1. The molecule has 1 aromatic carbocycles. The maximum atomic E-state index is 6.15. The van der Waals surface area contributed by atoms with E-state index in [2.05, 4.69) is 30.9 Å². The van der Waals surface area contributed by atoms with Gasteiger partial charge in [0.25, 0.3) is 0 Å². The lowest BCUT2D eigenvalue weighted by Gasteiger charge is -2.34. The average molecular weight is 314 g/mol. The highest BCUT2D eigenvalue weighted by molar-refractivity contribution is 8.00. The molecule has 4 heteroatoms. The van der Waals surface area contributed by atoms with Crippen molar-refractivity contribution in [2.24, 2.45) is 0 Å². The Morgan fingerprint density at radius 1 is 1.50 bits per heavy atom. The van der Waals surface area contributed by atoms with Crippen molar-refractivity contribution >= 4 is 23.4 Å². The van der Waals surface area contributed by atoms with E-state index in [-0.39, 0.29) is 0 Å². The van der Waals surface area contributed by atoms with Gasteiger partial charge in [-0.2, -0.15) is 11.8 Å². The van der Waals surface area contributed by atoms with E-state index in [0.29, 0.717) is 10.8 Å². The van der Waals surface area contributed by atoms with E-state index < -0.39 is 0 Å². The number of nitrogens with one attached hydrogen (secondary N) is 1. The summed E-state index contributed by atoms with van der Waals surface area (Å²) in [7, 11) is 1.72. The smallest absolute Gasteiger partial charge is 0.122 e. The Morgan fingerprint density at radius 2 is 2.30 bits per heavy atom. The molecule has 0 saturated carbocycles. The van der Waals surface area contributed by atoms with Gasteiger partial charge >= 0.3 is 0 Å². The second-order valence-electron chi connectivity index (χ2n) is 5.54. The summed E-state index contributed by atoms with van der Waals surface area (Å²) in [6, 6.07) is 6.34. The number of likely N-dealkylation sites (N-methyl/N-ethyl adjacent to an activating group) is 1. The van der Waals surface area contributed by atoms with Crippen molar-refractivity contribution in [1.82, 2.24) is 5.32 Å². The Bertz CT molecular complexity index is 446. The highest BCUT2D eigenvalue weighted by Gasteiger charge is 2.37. The third-order valence-electron chi connectivity index (χ3n) is 4.10. The van der Waals surface area contributed by atoms with Crippen molar-refractivity contribution in [2.75, 3.05) is 19.4 Å². The molecule has 0 bridgehead atoms. The third-order valence-corrected chi connectivity index (χ3v) is 5.98. The Kier molecular flexibility index (Phi) is 5.65. The predicted molar refractivity (Wildman–Crippen MR) is 89.3 cm³/mol. The van der Waals surface area contributed by atoms with E-state index >= 15 is 0 Å². The van der Waals surface area contributed by atoms with Crippen LogP contribution in [0.3, 0.4) is 0 Å². The summed E-state index contributed by atoms with van der Waals surface area (Å²) in [6.45, 7) is 5.55. The number of hydrogen-bond acceptors (Lipinski definition) is 3. The van der Waals surface area contributed by atoms with Gasteiger partial charge in [0.2, 0.25) is 0 Å². The van der Waals surface area contributed by atoms with Gasteiger partial charge in [0.15, 0.2) is 0 Å². The van der Waals surface area contributed by atoms with Gasteiger partial charge in [-0.1, -0.05) is 18.5 Å². The van der Waals surface area contributed by atoms with Gasteiger partial charge in [0, 0.05) is 15.8 Å². The molecule has 20 heavy (non-hydrogen) atoms. The molecule has 112 valence electrons.